The maximum atomic E-state index is 11.5. The molecule has 0 aliphatic rings. The van der Waals surface area contributed by atoms with E-state index in [2.05, 4.69) is 11.7 Å². The Morgan fingerprint density at radius 2 is 1.94 bits per heavy atom. The molecule has 1 rings (SSSR count). The minimum atomic E-state index is -0.248. The van der Waals surface area contributed by atoms with Crippen molar-refractivity contribution in [3.63, 3.8) is 0 Å². The van der Waals surface area contributed by atoms with Gasteiger partial charge >= 0.3 is 5.97 Å². The van der Waals surface area contributed by atoms with Crippen LogP contribution in [0.1, 0.15) is 29.6 Å². The van der Waals surface area contributed by atoms with Crippen LogP contribution in [0.5, 0.6) is 0 Å². The number of carbonyl (C=O) groups excluding carboxylic acids is 1. The second-order valence-electron chi connectivity index (χ2n) is 3.51. The van der Waals surface area contributed by atoms with Crippen LogP contribution in [0, 0.1) is 0 Å². The molecule has 0 aliphatic heterocycles. The summed E-state index contributed by atoms with van der Waals surface area (Å²) in [4.78, 5) is 15.2. The molecule has 0 spiro atoms. The number of hydrogen-bond acceptors (Lipinski definition) is 3. The van der Waals surface area contributed by atoms with Gasteiger partial charge in [-0.15, -0.1) is 0 Å². The Morgan fingerprint density at radius 1 is 1.19 bits per heavy atom. The molecule has 0 radical (unpaired) electrons. The van der Waals surface area contributed by atoms with Crippen LogP contribution in [0.4, 0.5) is 0 Å². The van der Waals surface area contributed by atoms with Gasteiger partial charge in [0.2, 0.25) is 0 Å². The first-order chi connectivity index (χ1) is 7.84. The highest BCUT2D eigenvalue weighted by atomic mass is 16.5. The molecule has 1 aromatic rings. The lowest BCUT2D eigenvalue weighted by Crippen LogP contribution is -2.06. The van der Waals surface area contributed by atoms with Crippen molar-refractivity contribution >= 4 is 12.7 Å². The standard InChI is InChI=1S/C13H17NO2/c1-14-10-6-3-7-11-16-13(15)12-8-4-2-5-9-12/h2,4-5,8-9H,1,3,6-7,10-11H2. The molecule has 3 heteroatoms. The lowest BCUT2D eigenvalue weighted by atomic mass is 10.2. The zero-order chi connectivity index (χ0) is 11.6. The van der Waals surface area contributed by atoms with E-state index >= 15 is 0 Å². The van der Waals surface area contributed by atoms with Gasteiger partial charge in [0.1, 0.15) is 0 Å². The summed E-state index contributed by atoms with van der Waals surface area (Å²) >= 11 is 0. The summed E-state index contributed by atoms with van der Waals surface area (Å²) in [6.07, 6.45) is 2.90. The van der Waals surface area contributed by atoms with Crippen molar-refractivity contribution in [3.05, 3.63) is 35.9 Å². The summed E-state index contributed by atoms with van der Waals surface area (Å²) in [6, 6.07) is 9.03. The molecule has 0 aromatic heterocycles. The van der Waals surface area contributed by atoms with E-state index in [0.717, 1.165) is 25.8 Å². The molecule has 0 N–H and O–H groups in total. The molecule has 0 aliphatic carbocycles. The Balaban J connectivity index is 2.14. The second kappa shape index (κ2) is 7.63. The highest BCUT2D eigenvalue weighted by Crippen LogP contribution is 2.03. The third-order valence-electron chi connectivity index (χ3n) is 2.20. The van der Waals surface area contributed by atoms with E-state index in [9.17, 15) is 4.79 Å². The summed E-state index contributed by atoms with van der Waals surface area (Å²) < 4.78 is 5.12. The van der Waals surface area contributed by atoms with Crippen LogP contribution in [0.25, 0.3) is 0 Å². The first-order valence-electron chi connectivity index (χ1n) is 5.49. The van der Waals surface area contributed by atoms with Crippen LogP contribution >= 0.6 is 0 Å². The van der Waals surface area contributed by atoms with Gasteiger partial charge in [0.15, 0.2) is 0 Å². The molecule has 0 saturated heterocycles. The summed E-state index contributed by atoms with van der Waals surface area (Å²) in [5.41, 5.74) is 0.607. The Kier molecular flexibility index (Phi) is 5.92. The topological polar surface area (TPSA) is 38.7 Å². The number of ether oxygens (including phenoxy) is 1. The highest BCUT2D eigenvalue weighted by molar-refractivity contribution is 5.89. The summed E-state index contributed by atoms with van der Waals surface area (Å²) in [7, 11) is 0. The first-order valence-corrected chi connectivity index (χ1v) is 5.49. The zero-order valence-corrected chi connectivity index (χ0v) is 9.39. The summed E-state index contributed by atoms with van der Waals surface area (Å²) in [5.74, 6) is -0.248. The maximum Gasteiger partial charge on any atom is 0.338 e. The number of benzene rings is 1. The van der Waals surface area contributed by atoms with Gasteiger partial charge in [-0.25, -0.2) is 4.79 Å². The van der Waals surface area contributed by atoms with Crippen molar-refractivity contribution in [3.8, 4) is 0 Å². The normalized spacial score (nSPS) is 9.75. The van der Waals surface area contributed by atoms with E-state index in [-0.39, 0.29) is 5.97 Å². The number of aliphatic imine (C=N–C) groups is 1. The number of nitrogens with zero attached hydrogens (tertiary/aromatic N) is 1. The average molecular weight is 219 g/mol. The number of carbonyl (C=O) groups is 1. The lowest BCUT2D eigenvalue weighted by Gasteiger charge is -2.03. The molecular formula is C13H17NO2. The Morgan fingerprint density at radius 3 is 2.62 bits per heavy atom. The molecule has 16 heavy (non-hydrogen) atoms. The number of rotatable bonds is 7. The van der Waals surface area contributed by atoms with Crippen LogP contribution in [-0.4, -0.2) is 25.8 Å². The first kappa shape index (κ1) is 12.4. The lowest BCUT2D eigenvalue weighted by molar-refractivity contribution is 0.0498. The van der Waals surface area contributed by atoms with Gasteiger partial charge in [0.05, 0.1) is 12.2 Å². The van der Waals surface area contributed by atoms with Crippen LogP contribution in [0.2, 0.25) is 0 Å². The van der Waals surface area contributed by atoms with Crippen molar-refractivity contribution < 1.29 is 9.53 Å². The predicted octanol–water partition coefficient (Wildman–Crippen LogP) is 2.71. The molecule has 0 saturated carbocycles. The van der Waals surface area contributed by atoms with E-state index < -0.39 is 0 Å². The fourth-order valence-electron chi connectivity index (χ4n) is 1.32. The predicted molar refractivity (Wildman–Crippen MR) is 65.0 cm³/mol. The van der Waals surface area contributed by atoms with Crippen LogP contribution in [0.15, 0.2) is 35.3 Å². The Hall–Kier alpha value is -1.64. The average Bonchev–Trinajstić information content (AvgIpc) is 2.34. The number of unbranched alkanes of at least 4 members (excludes halogenated alkanes) is 2. The van der Waals surface area contributed by atoms with Gasteiger partial charge in [-0.3, -0.25) is 0 Å². The third-order valence-corrected chi connectivity index (χ3v) is 2.20. The van der Waals surface area contributed by atoms with Gasteiger partial charge in [-0.2, -0.15) is 0 Å². The van der Waals surface area contributed by atoms with Gasteiger partial charge < -0.3 is 9.73 Å². The summed E-state index contributed by atoms with van der Waals surface area (Å²) in [5, 5.41) is 0. The monoisotopic (exact) mass is 219 g/mol. The van der Waals surface area contributed by atoms with E-state index in [4.69, 9.17) is 4.74 Å². The zero-order valence-electron chi connectivity index (χ0n) is 9.39. The van der Waals surface area contributed by atoms with E-state index in [1.165, 1.54) is 0 Å². The molecule has 0 unspecified atom stereocenters. The molecule has 0 atom stereocenters. The minimum Gasteiger partial charge on any atom is -0.462 e. The van der Waals surface area contributed by atoms with E-state index in [1.807, 2.05) is 18.2 Å². The molecule has 0 amide bonds. The fraction of sp³-hybridized carbons (Fsp3) is 0.385. The van der Waals surface area contributed by atoms with Gasteiger partial charge in [-0.05, 0) is 38.1 Å². The molecule has 0 bridgehead atoms. The van der Waals surface area contributed by atoms with Gasteiger partial charge in [0, 0.05) is 6.54 Å². The van der Waals surface area contributed by atoms with Crippen molar-refractivity contribution in [1.82, 2.24) is 0 Å². The SMILES string of the molecule is C=NCCCCCOC(=O)c1ccccc1. The Bertz CT molecular complexity index is 322. The van der Waals surface area contributed by atoms with Crippen molar-refractivity contribution in [2.75, 3.05) is 13.2 Å². The van der Waals surface area contributed by atoms with Crippen molar-refractivity contribution in [2.45, 2.75) is 19.3 Å². The molecule has 1 aromatic carbocycles. The number of hydrogen-bond donors (Lipinski definition) is 0. The van der Waals surface area contributed by atoms with E-state index in [1.54, 1.807) is 12.1 Å². The highest BCUT2D eigenvalue weighted by Gasteiger charge is 2.04. The van der Waals surface area contributed by atoms with Crippen LogP contribution in [0.3, 0.4) is 0 Å². The molecule has 86 valence electrons. The fourth-order valence-corrected chi connectivity index (χ4v) is 1.32. The molecule has 3 nitrogen and oxygen atoms in total. The van der Waals surface area contributed by atoms with Crippen LogP contribution < -0.4 is 0 Å². The van der Waals surface area contributed by atoms with Crippen LogP contribution in [-0.2, 0) is 4.74 Å². The van der Waals surface area contributed by atoms with Crippen molar-refractivity contribution in [2.24, 2.45) is 4.99 Å². The van der Waals surface area contributed by atoms with Gasteiger partial charge in [0.25, 0.3) is 0 Å². The van der Waals surface area contributed by atoms with Gasteiger partial charge in [-0.1, -0.05) is 18.2 Å². The quantitative estimate of drug-likeness (QED) is 0.402. The largest absolute Gasteiger partial charge is 0.462 e. The molecule has 0 heterocycles. The molecular weight excluding hydrogens is 202 g/mol. The maximum absolute atomic E-state index is 11.5. The smallest absolute Gasteiger partial charge is 0.338 e. The Labute approximate surface area is 96.2 Å². The molecule has 0 fully saturated rings. The summed E-state index contributed by atoms with van der Waals surface area (Å²) in [6.45, 7) is 4.67. The third kappa shape index (κ3) is 4.73. The number of esters is 1. The second-order valence-corrected chi connectivity index (χ2v) is 3.51. The van der Waals surface area contributed by atoms with E-state index in [0.29, 0.717) is 12.2 Å². The van der Waals surface area contributed by atoms with Crippen molar-refractivity contribution in [1.29, 1.82) is 0 Å². The minimum absolute atomic E-state index is 0.248.